The van der Waals surface area contributed by atoms with Gasteiger partial charge in [0.25, 0.3) is 0 Å². The SMILES string of the molecule is CCCn1cc(C(=O)C2Cc3ccccc3O2)cn1. The number of rotatable bonds is 4. The summed E-state index contributed by atoms with van der Waals surface area (Å²) in [6.45, 7) is 2.92. The summed E-state index contributed by atoms with van der Waals surface area (Å²) in [6, 6.07) is 7.80. The summed E-state index contributed by atoms with van der Waals surface area (Å²) in [5, 5.41) is 4.19. The fraction of sp³-hybridized carbons (Fsp3) is 0.333. The number of Topliss-reactive ketones (excluding diaryl/α,β-unsaturated/α-hetero) is 1. The zero-order chi connectivity index (χ0) is 13.2. The molecule has 0 radical (unpaired) electrons. The van der Waals surface area contributed by atoms with Crippen molar-refractivity contribution in [1.29, 1.82) is 0 Å². The van der Waals surface area contributed by atoms with Crippen molar-refractivity contribution in [3.8, 4) is 5.75 Å². The summed E-state index contributed by atoms with van der Waals surface area (Å²) in [6.07, 6.45) is 4.67. The maximum Gasteiger partial charge on any atom is 0.206 e. The molecule has 1 atom stereocenters. The molecule has 0 spiro atoms. The van der Waals surface area contributed by atoms with E-state index in [9.17, 15) is 4.79 Å². The molecule has 0 bridgehead atoms. The Hall–Kier alpha value is -2.10. The van der Waals surface area contributed by atoms with E-state index in [1.807, 2.05) is 24.3 Å². The quantitative estimate of drug-likeness (QED) is 0.789. The largest absolute Gasteiger partial charge is 0.482 e. The third kappa shape index (κ3) is 2.26. The molecule has 4 heteroatoms. The topological polar surface area (TPSA) is 44.1 Å². The molecular weight excluding hydrogens is 240 g/mol. The van der Waals surface area contributed by atoms with Gasteiger partial charge >= 0.3 is 0 Å². The number of aryl methyl sites for hydroxylation is 1. The van der Waals surface area contributed by atoms with Gasteiger partial charge in [-0.15, -0.1) is 0 Å². The molecule has 0 fully saturated rings. The normalized spacial score (nSPS) is 17.0. The van der Waals surface area contributed by atoms with Gasteiger partial charge in [0.15, 0.2) is 6.10 Å². The lowest BCUT2D eigenvalue weighted by atomic mass is 10.0. The van der Waals surface area contributed by atoms with Crippen molar-refractivity contribution in [1.82, 2.24) is 9.78 Å². The fourth-order valence-electron chi connectivity index (χ4n) is 2.36. The average molecular weight is 256 g/mol. The molecule has 1 aliphatic heterocycles. The van der Waals surface area contributed by atoms with E-state index in [0.717, 1.165) is 24.3 Å². The predicted octanol–water partition coefficient (Wildman–Crippen LogP) is 2.48. The fourth-order valence-corrected chi connectivity index (χ4v) is 2.36. The molecule has 98 valence electrons. The molecule has 0 amide bonds. The molecule has 19 heavy (non-hydrogen) atoms. The molecule has 0 aliphatic carbocycles. The van der Waals surface area contributed by atoms with Gasteiger partial charge in [-0.2, -0.15) is 5.10 Å². The number of nitrogens with zero attached hydrogens (tertiary/aromatic N) is 2. The van der Waals surface area contributed by atoms with Crippen LogP contribution in [0.1, 0.15) is 29.3 Å². The number of carbonyl (C=O) groups excluding carboxylic acids is 1. The second-order valence-electron chi connectivity index (χ2n) is 4.77. The van der Waals surface area contributed by atoms with Gasteiger partial charge in [-0.3, -0.25) is 9.48 Å². The van der Waals surface area contributed by atoms with Gasteiger partial charge in [0.2, 0.25) is 5.78 Å². The van der Waals surface area contributed by atoms with Crippen molar-refractivity contribution < 1.29 is 9.53 Å². The van der Waals surface area contributed by atoms with E-state index in [2.05, 4.69) is 12.0 Å². The Labute approximate surface area is 112 Å². The van der Waals surface area contributed by atoms with Crippen molar-refractivity contribution in [2.75, 3.05) is 0 Å². The summed E-state index contributed by atoms with van der Waals surface area (Å²) >= 11 is 0. The molecule has 4 nitrogen and oxygen atoms in total. The number of aromatic nitrogens is 2. The van der Waals surface area contributed by atoms with E-state index in [1.165, 1.54) is 0 Å². The first-order chi connectivity index (χ1) is 9.28. The highest BCUT2D eigenvalue weighted by Crippen LogP contribution is 2.29. The number of carbonyl (C=O) groups is 1. The highest BCUT2D eigenvalue weighted by molar-refractivity contribution is 5.99. The van der Waals surface area contributed by atoms with Crippen LogP contribution in [0.5, 0.6) is 5.75 Å². The Morgan fingerprint density at radius 2 is 2.32 bits per heavy atom. The number of fused-ring (bicyclic) bond motifs is 1. The van der Waals surface area contributed by atoms with E-state index >= 15 is 0 Å². The lowest BCUT2D eigenvalue weighted by molar-refractivity contribution is 0.0824. The van der Waals surface area contributed by atoms with Gasteiger partial charge in [0.1, 0.15) is 5.75 Å². The zero-order valence-electron chi connectivity index (χ0n) is 10.9. The second kappa shape index (κ2) is 4.88. The smallest absolute Gasteiger partial charge is 0.206 e. The van der Waals surface area contributed by atoms with E-state index in [1.54, 1.807) is 17.1 Å². The molecular formula is C15H16N2O2. The van der Waals surface area contributed by atoms with Crippen molar-refractivity contribution in [2.24, 2.45) is 0 Å². The van der Waals surface area contributed by atoms with Crippen LogP contribution in [-0.2, 0) is 13.0 Å². The first-order valence-corrected chi connectivity index (χ1v) is 6.59. The maximum atomic E-state index is 12.4. The minimum Gasteiger partial charge on any atom is -0.482 e. The number of ketones is 1. The molecule has 1 unspecified atom stereocenters. The van der Waals surface area contributed by atoms with Crippen LogP contribution in [0.15, 0.2) is 36.7 Å². The Bertz CT molecular complexity index is 579. The molecule has 0 saturated carbocycles. The lowest BCUT2D eigenvalue weighted by Gasteiger charge is -2.07. The highest BCUT2D eigenvalue weighted by Gasteiger charge is 2.30. The maximum absolute atomic E-state index is 12.4. The minimum absolute atomic E-state index is 0.0125. The molecule has 2 aromatic rings. The van der Waals surface area contributed by atoms with Crippen LogP contribution in [0.4, 0.5) is 0 Å². The summed E-state index contributed by atoms with van der Waals surface area (Å²) in [5.41, 5.74) is 1.73. The standard InChI is InChI=1S/C15H16N2O2/c1-2-7-17-10-12(9-16-17)15(18)14-8-11-5-3-4-6-13(11)19-14/h3-6,9-10,14H,2,7-8H2,1H3. The number of hydrogen-bond acceptors (Lipinski definition) is 3. The third-order valence-electron chi connectivity index (χ3n) is 3.31. The molecule has 0 N–H and O–H groups in total. The van der Waals surface area contributed by atoms with Crippen LogP contribution in [0.3, 0.4) is 0 Å². The van der Waals surface area contributed by atoms with Crippen molar-refractivity contribution in [3.05, 3.63) is 47.8 Å². The van der Waals surface area contributed by atoms with Crippen LogP contribution in [0, 0.1) is 0 Å². The van der Waals surface area contributed by atoms with E-state index in [-0.39, 0.29) is 5.78 Å². The first-order valence-electron chi connectivity index (χ1n) is 6.59. The number of para-hydroxylation sites is 1. The van der Waals surface area contributed by atoms with Crippen LogP contribution in [-0.4, -0.2) is 21.7 Å². The van der Waals surface area contributed by atoms with Gasteiger partial charge < -0.3 is 4.74 Å². The van der Waals surface area contributed by atoms with Crippen molar-refractivity contribution in [3.63, 3.8) is 0 Å². The van der Waals surface area contributed by atoms with E-state index in [4.69, 9.17) is 4.74 Å². The van der Waals surface area contributed by atoms with Gasteiger partial charge in [-0.05, 0) is 18.1 Å². The summed E-state index contributed by atoms with van der Waals surface area (Å²) in [7, 11) is 0. The average Bonchev–Trinajstić information content (AvgIpc) is 3.04. The molecule has 2 heterocycles. The predicted molar refractivity (Wildman–Crippen MR) is 71.4 cm³/mol. The highest BCUT2D eigenvalue weighted by atomic mass is 16.5. The molecule has 0 saturated heterocycles. The van der Waals surface area contributed by atoms with Crippen molar-refractivity contribution in [2.45, 2.75) is 32.4 Å². The van der Waals surface area contributed by atoms with Crippen LogP contribution in [0.25, 0.3) is 0 Å². The van der Waals surface area contributed by atoms with E-state index < -0.39 is 6.10 Å². The van der Waals surface area contributed by atoms with Gasteiger partial charge in [0.05, 0.1) is 11.8 Å². The Morgan fingerprint density at radius 3 is 3.11 bits per heavy atom. The first kappa shape index (κ1) is 12.0. The monoisotopic (exact) mass is 256 g/mol. The summed E-state index contributed by atoms with van der Waals surface area (Å²) in [4.78, 5) is 12.4. The molecule has 1 aromatic carbocycles. The zero-order valence-corrected chi connectivity index (χ0v) is 10.9. The van der Waals surface area contributed by atoms with Gasteiger partial charge in [0, 0.05) is 19.2 Å². The number of hydrogen-bond donors (Lipinski definition) is 0. The van der Waals surface area contributed by atoms with Crippen molar-refractivity contribution >= 4 is 5.78 Å². The molecule has 1 aliphatic rings. The Morgan fingerprint density at radius 1 is 1.47 bits per heavy atom. The van der Waals surface area contributed by atoms with Gasteiger partial charge in [-0.25, -0.2) is 0 Å². The third-order valence-corrected chi connectivity index (χ3v) is 3.31. The molecule has 1 aromatic heterocycles. The summed E-state index contributed by atoms with van der Waals surface area (Å²) < 4.78 is 7.51. The van der Waals surface area contributed by atoms with Crippen LogP contribution >= 0.6 is 0 Å². The molecule has 3 rings (SSSR count). The Kier molecular flexibility index (Phi) is 3.07. The van der Waals surface area contributed by atoms with Crippen LogP contribution < -0.4 is 4.74 Å². The Balaban J connectivity index is 1.75. The number of benzene rings is 1. The lowest BCUT2D eigenvalue weighted by Crippen LogP contribution is -2.25. The number of ether oxygens (including phenoxy) is 1. The van der Waals surface area contributed by atoms with Crippen LogP contribution in [0.2, 0.25) is 0 Å². The second-order valence-corrected chi connectivity index (χ2v) is 4.77. The van der Waals surface area contributed by atoms with Gasteiger partial charge in [-0.1, -0.05) is 25.1 Å². The van der Waals surface area contributed by atoms with E-state index in [0.29, 0.717) is 12.0 Å². The summed E-state index contributed by atoms with van der Waals surface area (Å²) in [5.74, 6) is 0.834. The minimum atomic E-state index is -0.406.